The van der Waals surface area contributed by atoms with Crippen LogP contribution >= 0.6 is 0 Å². The number of rotatable bonds is 10. The van der Waals surface area contributed by atoms with E-state index in [0.717, 1.165) is 5.56 Å². The van der Waals surface area contributed by atoms with Crippen LogP contribution in [0.3, 0.4) is 0 Å². The molecule has 8 nitrogen and oxygen atoms in total. The van der Waals surface area contributed by atoms with Crippen LogP contribution in [0, 0.1) is 10.1 Å². The molecular weight excluding hydrogens is 358 g/mol. The minimum absolute atomic E-state index is 0.0200. The summed E-state index contributed by atoms with van der Waals surface area (Å²) >= 11 is 0. The Morgan fingerprint density at radius 1 is 1.11 bits per heavy atom. The van der Waals surface area contributed by atoms with Crippen LogP contribution < -0.4 is 16.0 Å². The van der Waals surface area contributed by atoms with Crippen LogP contribution in [-0.2, 0) is 0 Å². The number of nitro benzene ring substituents is 1. The minimum atomic E-state index is -0.403. The first-order chi connectivity index (χ1) is 13.7. The van der Waals surface area contributed by atoms with E-state index < -0.39 is 4.92 Å². The first-order valence-electron chi connectivity index (χ1n) is 9.31. The Hall–Kier alpha value is -3.13. The van der Waals surface area contributed by atoms with Gasteiger partial charge in [-0.05, 0) is 18.6 Å². The number of hydrogen-bond donors (Lipinski definition) is 4. The molecule has 0 aliphatic heterocycles. The molecule has 0 saturated heterocycles. The molecule has 0 aliphatic rings. The molecule has 0 amide bonds. The molecule has 0 radical (unpaired) electrons. The molecular formula is C20H27N5O3. The fraction of sp³-hybridized carbons (Fsp3) is 0.350. The lowest BCUT2D eigenvalue weighted by molar-refractivity contribution is -0.384. The monoisotopic (exact) mass is 385 g/mol. The minimum Gasteiger partial charge on any atom is -0.396 e. The molecule has 2 aromatic rings. The highest BCUT2D eigenvalue weighted by Gasteiger charge is 2.12. The molecule has 4 N–H and O–H groups in total. The Kier molecular flexibility index (Phi) is 8.74. The summed E-state index contributed by atoms with van der Waals surface area (Å²) in [7, 11) is 0. The van der Waals surface area contributed by atoms with E-state index in [-0.39, 0.29) is 18.2 Å². The van der Waals surface area contributed by atoms with Crippen molar-refractivity contribution in [3.8, 4) is 0 Å². The fourth-order valence-electron chi connectivity index (χ4n) is 2.70. The van der Waals surface area contributed by atoms with Gasteiger partial charge in [0, 0.05) is 31.6 Å². The Balaban J connectivity index is 1.88. The predicted molar refractivity (Wildman–Crippen MR) is 112 cm³/mol. The number of anilines is 1. The first-order valence-corrected chi connectivity index (χ1v) is 9.31. The number of benzene rings is 2. The molecule has 0 heterocycles. The lowest BCUT2D eigenvalue weighted by Gasteiger charge is -2.15. The third-order valence-corrected chi connectivity index (χ3v) is 4.14. The summed E-state index contributed by atoms with van der Waals surface area (Å²) in [5.41, 5.74) is 1.58. The molecule has 0 bridgehead atoms. The summed E-state index contributed by atoms with van der Waals surface area (Å²) in [4.78, 5) is 15.2. The van der Waals surface area contributed by atoms with Crippen LogP contribution in [0.25, 0.3) is 0 Å². The standard InChI is InChI=1S/C20H27N5O3/c1-2-21-20(24-14-17(15-26)16-8-4-3-5-9-16)23-13-12-22-18-10-6-7-11-19(18)25(27)28/h3-11,17,22,26H,2,12-15H2,1H3,(H2,21,23,24). The van der Waals surface area contributed by atoms with Gasteiger partial charge in [0.15, 0.2) is 5.96 Å². The van der Waals surface area contributed by atoms with Gasteiger partial charge >= 0.3 is 0 Å². The number of guanidine groups is 1. The van der Waals surface area contributed by atoms with E-state index in [1.165, 1.54) is 6.07 Å². The molecule has 2 aromatic carbocycles. The summed E-state index contributed by atoms with van der Waals surface area (Å²) in [6, 6.07) is 16.3. The lowest BCUT2D eigenvalue weighted by atomic mass is 10.0. The van der Waals surface area contributed by atoms with E-state index in [1.54, 1.807) is 18.2 Å². The van der Waals surface area contributed by atoms with E-state index in [1.807, 2.05) is 37.3 Å². The Morgan fingerprint density at radius 2 is 1.82 bits per heavy atom. The van der Waals surface area contributed by atoms with Crippen LogP contribution in [0.5, 0.6) is 0 Å². The number of hydrogen-bond acceptors (Lipinski definition) is 5. The van der Waals surface area contributed by atoms with Crippen molar-refractivity contribution in [2.24, 2.45) is 4.99 Å². The largest absolute Gasteiger partial charge is 0.396 e. The van der Waals surface area contributed by atoms with Gasteiger partial charge in [0.1, 0.15) is 5.69 Å². The highest BCUT2D eigenvalue weighted by molar-refractivity contribution is 5.79. The van der Waals surface area contributed by atoms with Crippen molar-refractivity contribution in [2.45, 2.75) is 12.8 Å². The second-order valence-corrected chi connectivity index (χ2v) is 6.14. The van der Waals surface area contributed by atoms with Crippen LogP contribution in [0.15, 0.2) is 59.6 Å². The average Bonchev–Trinajstić information content (AvgIpc) is 2.72. The summed E-state index contributed by atoms with van der Waals surface area (Å²) in [6.45, 7) is 4.19. The average molecular weight is 385 g/mol. The van der Waals surface area contributed by atoms with Crippen molar-refractivity contribution in [2.75, 3.05) is 38.1 Å². The third kappa shape index (κ3) is 6.55. The van der Waals surface area contributed by atoms with Gasteiger partial charge in [-0.2, -0.15) is 0 Å². The maximum absolute atomic E-state index is 11.0. The van der Waals surface area contributed by atoms with Crippen molar-refractivity contribution in [3.05, 3.63) is 70.3 Å². The van der Waals surface area contributed by atoms with Crippen molar-refractivity contribution in [3.63, 3.8) is 0 Å². The number of aliphatic hydroxyl groups excluding tert-OH is 1. The van der Waals surface area contributed by atoms with Crippen molar-refractivity contribution in [1.82, 2.24) is 10.6 Å². The molecule has 150 valence electrons. The number of nitro groups is 1. The zero-order valence-corrected chi connectivity index (χ0v) is 16.0. The molecule has 0 saturated carbocycles. The topological polar surface area (TPSA) is 112 Å². The maximum Gasteiger partial charge on any atom is 0.292 e. The summed E-state index contributed by atoms with van der Waals surface area (Å²) < 4.78 is 0. The van der Waals surface area contributed by atoms with Crippen molar-refractivity contribution in [1.29, 1.82) is 0 Å². The predicted octanol–water partition coefficient (Wildman–Crippen LogP) is 2.34. The smallest absolute Gasteiger partial charge is 0.292 e. The fourth-order valence-corrected chi connectivity index (χ4v) is 2.70. The SMILES string of the molecule is CCNC(=NCC(CO)c1ccccc1)NCCNc1ccccc1[N+](=O)[O-]. The second-order valence-electron chi connectivity index (χ2n) is 6.14. The number of para-hydroxylation sites is 2. The zero-order chi connectivity index (χ0) is 20.2. The van der Waals surface area contributed by atoms with Gasteiger partial charge in [0.25, 0.3) is 5.69 Å². The quantitative estimate of drug-likeness (QED) is 0.164. The number of aliphatic hydroxyl groups is 1. The van der Waals surface area contributed by atoms with Crippen LogP contribution in [0.2, 0.25) is 0 Å². The van der Waals surface area contributed by atoms with E-state index in [9.17, 15) is 15.2 Å². The van der Waals surface area contributed by atoms with E-state index in [0.29, 0.717) is 37.8 Å². The molecule has 8 heteroatoms. The van der Waals surface area contributed by atoms with Gasteiger partial charge < -0.3 is 21.1 Å². The highest BCUT2D eigenvalue weighted by Crippen LogP contribution is 2.22. The molecule has 1 atom stereocenters. The molecule has 28 heavy (non-hydrogen) atoms. The van der Waals surface area contributed by atoms with Crippen LogP contribution in [0.4, 0.5) is 11.4 Å². The van der Waals surface area contributed by atoms with E-state index in [4.69, 9.17) is 0 Å². The zero-order valence-electron chi connectivity index (χ0n) is 16.0. The highest BCUT2D eigenvalue weighted by atomic mass is 16.6. The summed E-state index contributed by atoms with van der Waals surface area (Å²) in [5.74, 6) is 0.572. The summed E-state index contributed by atoms with van der Waals surface area (Å²) in [5, 5.41) is 30.1. The third-order valence-electron chi connectivity index (χ3n) is 4.14. The van der Waals surface area contributed by atoms with Crippen molar-refractivity contribution < 1.29 is 10.0 Å². The van der Waals surface area contributed by atoms with Gasteiger partial charge in [-0.3, -0.25) is 15.1 Å². The molecule has 2 rings (SSSR count). The molecule has 0 aliphatic carbocycles. The Morgan fingerprint density at radius 3 is 2.50 bits per heavy atom. The molecule has 0 aromatic heterocycles. The summed E-state index contributed by atoms with van der Waals surface area (Å²) in [6.07, 6.45) is 0. The second kappa shape index (κ2) is 11.6. The van der Waals surface area contributed by atoms with Crippen LogP contribution in [0.1, 0.15) is 18.4 Å². The molecule has 0 spiro atoms. The first kappa shape index (κ1) is 21.2. The lowest BCUT2D eigenvalue weighted by Crippen LogP contribution is -2.40. The molecule has 0 fully saturated rings. The van der Waals surface area contributed by atoms with Gasteiger partial charge in [-0.15, -0.1) is 0 Å². The Bertz CT molecular complexity index is 767. The maximum atomic E-state index is 11.0. The molecule has 1 unspecified atom stereocenters. The normalized spacial score (nSPS) is 12.3. The number of nitrogens with zero attached hydrogens (tertiary/aromatic N) is 2. The van der Waals surface area contributed by atoms with Gasteiger partial charge in [-0.1, -0.05) is 42.5 Å². The van der Waals surface area contributed by atoms with E-state index in [2.05, 4.69) is 20.9 Å². The van der Waals surface area contributed by atoms with Crippen LogP contribution in [-0.4, -0.2) is 48.8 Å². The van der Waals surface area contributed by atoms with E-state index >= 15 is 0 Å². The van der Waals surface area contributed by atoms with Gasteiger partial charge in [0.2, 0.25) is 0 Å². The Labute approximate surface area is 164 Å². The van der Waals surface area contributed by atoms with Crippen molar-refractivity contribution >= 4 is 17.3 Å². The van der Waals surface area contributed by atoms with Gasteiger partial charge in [0.05, 0.1) is 18.1 Å². The number of nitrogens with one attached hydrogen (secondary N) is 3. The number of aliphatic imine (C=N–C) groups is 1. The van der Waals surface area contributed by atoms with Gasteiger partial charge in [-0.25, -0.2) is 0 Å².